The summed E-state index contributed by atoms with van der Waals surface area (Å²) in [6, 6.07) is 6.18. The molecule has 23 heavy (non-hydrogen) atoms. The maximum absolute atomic E-state index is 5.42. The Morgan fingerprint density at radius 3 is 2.65 bits per heavy atom. The van der Waals surface area contributed by atoms with Crippen molar-refractivity contribution in [2.24, 2.45) is 0 Å². The van der Waals surface area contributed by atoms with Crippen molar-refractivity contribution >= 4 is 11.6 Å². The highest BCUT2D eigenvalue weighted by atomic mass is 16.5. The molecule has 0 saturated carbocycles. The highest BCUT2D eigenvalue weighted by Crippen LogP contribution is 2.19. The Labute approximate surface area is 137 Å². The van der Waals surface area contributed by atoms with E-state index in [2.05, 4.69) is 50.0 Å². The lowest BCUT2D eigenvalue weighted by atomic mass is 10.2. The van der Waals surface area contributed by atoms with E-state index >= 15 is 0 Å². The predicted octanol–water partition coefficient (Wildman–Crippen LogP) is 1.70. The second-order valence-electron chi connectivity index (χ2n) is 5.76. The summed E-state index contributed by atoms with van der Waals surface area (Å²) in [4.78, 5) is 17.7. The molecule has 122 valence electrons. The molecule has 1 aliphatic heterocycles. The molecule has 0 radical (unpaired) electrons. The number of hydrogen-bond donors (Lipinski definition) is 0. The Kier molecular flexibility index (Phi) is 5.02. The quantitative estimate of drug-likeness (QED) is 0.837. The minimum absolute atomic E-state index is 0.760. The number of nitrogens with zero attached hydrogens (tertiary/aromatic N) is 5. The summed E-state index contributed by atoms with van der Waals surface area (Å²) in [5.74, 6) is 2.76. The monoisotopic (exact) mass is 313 g/mol. The van der Waals surface area contributed by atoms with Crippen LogP contribution >= 0.6 is 0 Å². The zero-order valence-corrected chi connectivity index (χ0v) is 13.8. The molecule has 6 nitrogen and oxygen atoms in total. The average Bonchev–Trinajstić information content (AvgIpc) is 2.61. The van der Waals surface area contributed by atoms with Crippen molar-refractivity contribution in [3.63, 3.8) is 0 Å². The first-order chi connectivity index (χ1) is 11.2. The van der Waals surface area contributed by atoms with E-state index in [-0.39, 0.29) is 0 Å². The van der Waals surface area contributed by atoms with Crippen molar-refractivity contribution in [3.05, 3.63) is 42.0 Å². The fourth-order valence-electron chi connectivity index (χ4n) is 2.65. The summed E-state index contributed by atoms with van der Waals surface area (Å²) in [6.45, 7) is 6.15. The molecule has 0 aliphatic carbocycles. The summed E-state index contributed by atoms with van der Waals surface area (Å²) in [6.07, 6.45) is 4.64. The van der Waals surface area contributed by atoms with E-state index in [9.17, 15) is 0 Å². The first-order valence-electron chi connectivity index (χ1n) is 8.01. The molecule has 2 aromatic rings. The van der Waals surface area contributed by atoms with Crippen LogP contribution in [-0.4, -0.2) is 54.8 Å². The topological polar surface area (TPSA) is 54.4 Å². The number of likely N-dealkylation sites (N-methyl/N-ethyl adjacent to an activating group) is 1. The third-order valence-corrected chi connectivity index (χ3v) is 4.02. The van der Waals surface area contributed by atoms with Gasteiger partial charge in [-0.1, -0.05) is 0 Å². The highest BCUT2D eigenvalue weighted by Gasteiger charge is 2.15. The van der Waals surface area contributed by atoms with Crippen molar-refractivity contribution in [1.29, 1.82) is 0 Å². The molecule has 0 aromatic carbocycles. The zero-order chi connectivity index (χ0) is 16.1. The zero-order valence-electron chi connectivity index (χ0n) is 13.8. The molecule has 6 heteroatoms. The average molecular weight is 313 g/mol. The summed E-state index contributed by atoms with van der Waals surface area (Å²) in [7, 11) is 2.08. The second kappa shape index (κ2) is 7.37. The van der Waals surface area contributed by atoms with Crippen molar-refractivity contribution in [2.45, 2.75) is 13.3 Å². The molecule has 1 aliphatic rings. The van der Waals surface area contributed by atoms with Gasteiger partial charge in [0.15, 0.2) is 0 Å². The molecule has 1 saturated heterocycles. The predicted molar refractivity (Wildman–Crippen MR) is 91.0 cm³/mol. The number of aromatic nitrogens is 3. The van der Waals surface area contributed by atoms with Crippen LogP contribution in [0.1, 0.15) is 11.4 Å². The Hall–Kier alpha value is -2.21. The van der Waals surface area contributed by atoms with Gasteiger partial charge in [0.05, 0.1) is 13.2 Å². The fourth-order valence-corrected chi connectivity index (χ4v) is 2.65. The normalized spacial score (nSPS) is 14.8. The molecule has 0 bridgehead atoms. The Bertz CT molecular complexity index is 628. The van der Waals surface area contributed by atoms with Crippen molar-refractivity contribution in [2.75, 3.05) is 49.7 Å². The van der Waals surface area contributed by atoms with Gasteiger partial charge in [-0.15, -0.1) is 0 Å². The van der Waals surface area contributed by atoms with Crippen LogP contribution in [0.25, 0.3) is 0 Å². The Morgan fingerprint density at radius 2 is 1.91 bits per heavy atom. The van der Waals surface area contributed by atoms with Gasteiger partial charge in [0, 0.05) is 45.1 Å². The number of aryl methyl sites for hydroxylation is 1. The molecule has 0 spiro atoms. The van der Waals surface area contributed by atoms with Crippen LogP contribution in [0.2, 0.25) is 0 Å². The first-order valence-corrected chi connectivity index (χ1v) is 8.01. The SMILES string of the molecule is Cc1nc(N(C)CCc2ccncc2)cc(N2CCOCC2)n1. The molecule has 0 N–H and O–H groups in total. The van der Waals surface area contributed by atoms with Crippen LogP contribution in [0.4, 0.5) is 11.6 Å². The third-order valence-electron chi connectivity index (χ3n) is 4.02. The molecule has 0 amide bonds. The highest BCUT2D eigenvalue weighted by molar-refractivity contribution is 5.51. The maximum Gasteiger partial charge on any atom is 0.134 e. The van der Waals surface area contributed by atoms with E-state index in [0.717, 1.165) is 56.7 Å². The minimum atomic E-state index is 0.760. The van der Waals surface area contributed by atoms with Gasteiger partial charge in [0.25, 0.3) is 0 Å². The molecule has 1 fully saturated rings. The summed E-state index contributed by atoms with van der Waals surface area (Å²) < 4.78 is 5.42. The Morgan fingerprint density at radius 1 is 1.17 bits per heavy atom. The largest absolute Gasteiger partial charge is 0.378 e. The van der Waals surface area contributed by atoms with Gasteiger partial charge in [-0.3, -0.25) is 4.98 Å². The van der Waals surface area contributed by atoms with Crippen molar-refractivity contribution in [1.82, 2.24) is 15.0 Å². The number of morpholine rings is 1. The molecule has 0 atom stereocenters. The van der Waals surface area contributed by atoms with Crippen molar-refractivity contribution in [3.8, 4) is 0 Å². The maximum atomic E-state index is 5.42. The number of anilines is 2. The fraction of sp³-hybridized carbons (Fsp3) is 0.471. The first kappa shape index (κ1) is 15.7. The summed E-state index contributed by atoms with van der Waals surface area (Å²) in [5, 5.41) is 0. The number of ether oxygens (including phenoxy) is 1. The van der Waals surface area contributed by atoms with E-state index in [1.807, 2.05) is 19.3 Å². The summed E-state index contributed by atoms with van der Waals surface area (Å²) in [5.41, 5.74) is 1.28. The Balaban J connectivity index is 1.69. The number of pyridine rings is 1. The van der Waals surface area contributed by atoms with Crippen LogP contribution in [0.15, 0.2) is 30.6 Å². The van der Waals surface area contributed by atoms with E-state index < -0.39 is 0 Å². The van der Waals surface area contributed by atoms with Gasteiger partial charge in [-0.2, -0.15) is 0 Å². The van der Waals surface area contributed by atoms with Gasteiger partial charge < -0.3 is 14.5 Å². The van der Waals surface area contributed by atoms with Gasteiger partial charge in [0.2, 0.25) is 0 Å². The number of hydrogen-bond acceptors (Lipinski definition) is 6. The molecule has 0 unspecified atom stereocenters. The molecule has 3 rings (SSSR count). The van der Waals surface area contributed by atoms with Crippen LogP contribution in [-0.2, 0) is 11.2 Å². The number of rotatable bonds is 5. The van der Waals surface area contributed by atoms with Gasteiger partial charge in [-0.25, -0.2) is 9.97 Å². The minimum Gasteiger partial charge on any atom is -0.378 e. The lowest BCUT2D eigenvalue weighted by Gasteiger charge is -2.29. The lowest BCUT2D eigenvalue weighted by molar-refractivity contribution is 0.122. The van der Waals surface area contributed by atoms with Crippen molar-refractivity contribution < 1.29 is 4.74 Å². The van der Waals surface area contributed by atoms with Gasteiger partial charge >= 0.3 is 0 Å². The van der Waals surface area contributed by atoms with Gasteiger partial charge in [-0.05, 0) is 31.0 Å². The molecule has 2 aromatic heterocycles. The molecular weight excluding hydrogens is 290 g/mol. The standard InChI is InChI=1S/C17H23N5O/c1-14-19-16(13-17(20-14)22-9-11-23-12-10-22)21(2)8-5-15-3-6-18-7-4-15/h3-4,6-7,13H,5,8-12H2,1-2H3. The van der Waals surface area contributed by atoms with E-state index in [1.165, 1.54) is 5.56 Å². The van der Waals surface area contributed by atoms with Crippen LogP contribution < -0.4 is 9.80 Å². The van der Waals surface area contributed by atoms with E-state index in [4.69, 9.17) is 4.74 Å². The van der Waals surface area contributed by atoms with Gasteiger partial charge in [0.1, 0.15) is 17.5 Å². The lowest BCUT2D eigenvalue weighted by Crippen LogP contribution is -2.37. The molecule has 3 heterocycles. The van der Waals surface area contributed by atoms with E-state index in [0.29, 0.717) is 0 Å². The van der Waals surface area contributed by atoms with Crippen LogP contribution in [0.5, 0.6) is 0 Å². The summed E-state index contributed by atoms with van der Waals surface area (Å²) >= 11 is 0. The smallest absolute Gasteiger partial charge is 0.134 e. The second-order valence-corrected chi connectivity index (χ2v) is 5.76. The van der Waals surface area contributed by atoms with Crippen LogP contribution in [0.3, 0.4) is 0 Å². The third kappa shape index (κ3) is 4.16. The molecular formula is C17H23N5O. The van der Waals surface area contributed by atoms with Crippen LogP contribution in [0, 0.1) is 6.92 Å². The van der Waals surface area contributed by atoms with E-state index in [1.54, 1.807) is 0 Å².